The summed E-state index contributed by atoms with van der Waals surface area (Å²) in [5.41, 5.74) is 0.328. The van der Waals surface area contributed by atoms with E-state index in [1.54, 1.807) is 18.2 Å². The SMILES string of the molecule is N#CCN1C(=O)c2ccccc2C(C(=O)O)C1=O. The minimum absolute atomic E-state index is 0.153. The van der Waals surface area contributed by atoms with E-state index in [1.807, 2.05) is 0 Å². The second kappa shape index (κ2) is 4.30. The van der Waals surface area contributed by atoms with E-state index in [0.717, 1.165) is 0 Å². The number of hydrogen-bond donors (Lipinski definition) is 1. The first-order valence-electron chi connectivity index (χ1n) is 5.12. The highest BCUT2D eigenvalue weighted by Crippen LogP contribution is 2.29. The molecule has 0 aromatic heterocycles. The van der Waals surface area contributed by atoms with Crippen molar-refractivity contribution in [3.63, 3.8) is 0 Å². The van der Waals surface area contributed by atoms with Gasteiger partial charge in [0.05, 0.1) is 6.07 Å². The number of imide groups is 1. The van der Waals surface area contributed by atoms with Gasteiger partial charge in [0.25, 0.3) is 5.91 Å². The third-order valence-corrected chi connectivity index (χ3v) is 2.74. The first kappa shape index (κ1) is 11.8. The van der Waals surface area contributed by atoms with Gasteiger partial charge in [-0.05, 0) is 11.6 Å². The molecule has 2 amide bonds. The van der Waals surface area contributed by atoms with E-state index in [4.69, 9.17) is 10.4 Å². The first-order chi connectivity index (χ1) is 8.57. The number of hydrogen-bond acceptors (Lipinski definition) is 4. The summed E-state index contributed by atoms with van der Waals surface area (Å²) in [6.45, 7) is -0.449. The molecule has 0 saturated heterocycles. The number of carbonyl (C=O) groups excluding carboxylic acids is 2. The quantitative estimate of drug-likeness (QED) is 0.460. The van der Waals surface area contributed by atoms with Gasteiger partial charge >= 0.3 is 5.97 Å². The van der Waals surface area contributed by atoms with Crippen LogP contribution in [0, 0.1) is 11.3 Å². The molecule has 2 rings (SSSR count). The fourth-order valence-electron chi connectivity index (χ4n) is 1.94. The Kier molecular flexibility index (Phi) is 2.81. The van der Waals surface area contributed by atoms with Gasteiger partial charge in [-0.25, -0.2) is 0 Å². The molecule has 1 aliphatic rings. The summed E-state index contributed by atoms with van der Waals surface area (Å²) < 4.78 is 0. The number of nitrogens with zero attached hydrogens (tertiary/aromatic N) is 2. The monoisotopic (exact) mass is 244 g/mol. The van der Waals surface area contributed by atoms with Gasteiger partial charge in [-0.2, -0.15) is 5.26 Å². The maximum Gasteiger partial charge on any atom is 0.320 e. The molecular weight excluding hydrogens is 236 g/mol. The molecule has 0 radical (unpaired) electrons. The average molecular weight is 244 g/mol. The normalized spacial score (nSPS) is 18.2. The number of nitriles is 1. The van der Waals surface area contributed by atoms with Crippen molar-refractivity contribution in [2.75, 3.05) is 6.54 Å². The van der Waals surface area contributed by atoms with Gasteiger partial charge in [-0.3, -0.25) is 19.3 Å². The molecule has 0 bridgehead atoms. The lowest BCUT2D eigenvalue weighted by atomic mass is 9.88. The Labute approximate surface area is 102 Å². The summed E-state index contributed by atoms with van der Waals surface area (Å²) in [6.07, 6.45) is 0. The Morgan fingerprint density at radius 2 is 2.06 bits per heavy atom. The number of aliphatic carboxylic acids is 1. The van der Waals surface area contributed by atoms with Gasteiger partial charge in [0.2, 0.25) is 5.91 Å². The number of rotatable bonds is 2. The average Bonchev–Trinajstić information content (AvgIpc) is 2.34. The van der Waals surface area contributed by atoms with Crippen molar-refractivity contribution >= 4 is 17.8 Å². The zero-order valence-corrected chi connectivity index (χ0v) is 9.16. The number of amides is 2. The molecule has 1 unspecified atom stereocenters. The van der Waals surface area contributed by atoms with Crippen LogP contribution >= 0.6 is 0 Å². The summed E-state index contributed by atoms with van der Waals surface area (Å²) in [5, 5.41) is 17.7. The Morgan fingerprint density at radius 3 is 2.67 bits per heavy atom. The Morgan fingerprint density at radius 1 is 1.39 bits per heavy atom. The summed E-state index contributed by atoms with van der Waals surface area (Å²) in [4.78, 5) is 35.7. The van der Waals surface area contributed by atoms with Gasteiger partial charge < -0.3 is 5.11 Å². The van der Waals surface area contributed by atoms with Crippen LogP contribution in [0.4, 0.5) is 0 Å². The minimum atomic E-state index is -1.42. The van der Waals surface area contributed by atoms with E-state index >= 15 is 0 Å². The lowest BCUT2D eigenvalue weighted by molar-refractivity contribution is -0.146. The van der Waals surface area contributed by atoms with Crippen molar-refractivity contribution in [3.05, 3.63) is 35.4 Å². The molecular formula is C12H8N2O4. The lowest BCUT2D eigenvalue weighted by Crippen LogP contribution is -2.47. The molecule has 18 heavy (non-hydrogen) atoms. The number of benzene rings is 1. The Bertz CT molecular complexity index is 588. The van der Waals surface area contributed by atoms with E-state index in [9.17, 15) is 14.4 Å². The van der Waals surface area contributed by atoms with Crippen LogP contribution in [-0.2, 0) is 9.59 Å². The zero-order chi connectivity index (χ0) is 13.3. The van der Waals surface area contributed by atoms with E-state index in [-0.39, 0.29) is 11.1 Å². The third kappa shape index (κ3) is 1.62. The molecule has 90 valence electrons. The molecule has 1 aliphatic heterocycles. The fraction of sp³-hybridized carbons (Fsp3) is 0.167. The molecule has 0 spiro atoms. The third-order valence-electron chi connectivity index (χ3n) is 2.74. The van der Waals surface area contributed by atoms with E-state index in [0.29, 0.717) is 4.90 Å². The number of carboxylic acid groups (broad SMARTS) is 1. The second-order valence-electron chi connectivity index (χ2n) is 3.75. The largest absolute Gasteiger partial charge is 0.480 e. The van der Waals surface area contributed by atoms with Crippen molar-refractivity contribution in [1.82, 2.24) is 4.90 Å². The molecule has 6 nitrogen and oxygen atoms in total. The number of carboxylic acids is 1. The standard InChI is InChI=1S/C12H8N2O4/c13-5-6-14-10(15)8-4-2-1-3-7(8)9(11(14)16)12(17)18/h1-4,9H,6H2,(H,17,18). The first-order valence-corrected chi connectivity index (χ1v) is 5.12. The van der Waals surface area contributed by atoms with Crippen molar-refractivity contribution in [3.8, 4) is 6.07 Å². The van der Waals surface area contributed by atoms with Crippen molar-refractivity contribution in [2.24, 2.45) is 0 Å². The Hall–Kier alpha value is -2.68. The van der Waals surface area contributed by atoms with Crippen LogP contribution in [0.3, 0.4) is 0 Å². The van der Waals surface area contributed by atoms with E-state index < -0.39 is 30.2 Å². The summed E-state index contributed by atoms with van der Waals surface area (Å²) in [5.74, 6) is -4.25. The van der Waals surface area contributed by atoms with Crippen LogP contribution in [0.1, 0.15) is 21.8 Å². The van der Waals surface area contributed by atoms with Gasteiger partial charge in [0, 0.05) is 5.56 Å². The number of fused-ring (bicyclic) bond motifs is 1. The molecule has 1 heterocycles. The van der Waals surface area contributed by atoms with Crippen LogP contribution in [0.15, 0.2) is 24.3 Å². The van der Waals surface area contributed by atoms with Gasteiger partial charge in [0.1, 0.15) is 6.54 Å². The molecule has 1 atom stereocenters. The molecule has 0 saturated carbocycles. The summed E-state index contributed by atoms with van der Waals surface area (Å²) in [7, 11) is 0. The Balaban J connectivity index is 2.60. The number of carbonyl (C=O) groups is 3. The van der Waals surface area contributed by atoms with Gasteiger partial charge in [-0.1, -0.05) is 18.2 Å². The van der Waals surface area contributed by atoms with Crippen LogP contribution in [0.25, 0.3) is 0 Å². The fourth-order valence-corrected chi connectivity index (χ4v) is 1.94. The predicted octanol–water partition coefficient (Wildman–Crippen LogP) is 0.361. The zero-order valence-electron chi connectivity index (χ0n) is 9.16. The molecule has 1 aromatic carbocycles. The summed E-state index contributed by atoms with van der Waals surface area (Å²) >= 11 is 0. The van der Waals surface area contributed by atoms with Crippen LogP contribution < -0.4 is 0 Å². The van der Waals surface area contributed by atoms with Gasteiger partial charge in [0.15, 0.2) is 5.92 Å². The van der Waals surface area contributed by atoms with E-state index in [1.165, 1.54) is 12.1 Å². The maximum absolute atomic E-state index is 11.9. The highest BCUT2D eigenvalue weighted by atomic mass is 16.4. The van der Waals surface area contributed by atoms with Crippen molar-refractivity contribution in [2.45, 2.75) is 5.92 Å². The van der Waals surface area contributed by atoms with Crippen molar-refractivity contribution in [1.29, 1.82) is 5.26 Å². The second-order valence-corrected chi connectivity index (χ2v) is 3.75. The van der Waals surface area contributed by atoms with Crippen molar-refractivity contribution < 1.29 is 19.5 Å². The minimum Gasteiger partial charge on any atom is -0.480 e. The molecule has 1 aromatic rings. The summed E-state index contributed by atoms with van der Waals surface area (Å²) in [6, 6.07) is 7.71. The molecule has 0 fully saturated rings. The predicted molar refractivity (Wildman–Crippen MR) is 58.5 cm³/mol. The van der Waals surface area contributed by atoms with Crippen LogP contribution in [0.2, 0.25) is 0 Å². The smallest absolute Gasteiger partial charge is 0.320 e. The highest BCUT2D eigenvalue weighted by Gasteiger charge is 2.42. The molecule has 6 heteroatoms. The lowest BCUT2D eigenvalue weighted by Gasteiger charge is -2.28. The molecule has 1 N–H and O–H groups in total. The molecule has 0 aliphatic carbocycles. The van der Waals surface area contributed by atoms with Crippen LogP contribution in [-0.4, -0.2) is 34.3 Å². The van der Waals surface area contributed by atoms with Crippen LogP contribution in [0.5, 0.6) is 0 Å². The van der Waals surface area contributed by atoms with Gasteiger partial charge in [-0.15, -0.1) is 0 Å². The highest BCUT2D eigenvalue weighted by molar-refractivity contribution is 6.17. The van der Waals surface area contributed by atoms with E-state index in [2.05, 4.69) is 0 Å². The topological polar surface area (TPSA) is 98.5 Å². The maximum atomic E-state index is 11.9.